The van der Waals surface area contributed by atoms with Crippen molar-refractivity contribution in [2.45, 2.75) is 0 Å². The van der Waals surface area contributed by atoms with E-state index in [1.54, 1.807) is 18.2 Å². The van der Waals surface area contributed by atoms with Crippen molar-refractivity contribution in [2.24, 2.45) is 0 Å². The molecule has 2 rings (SSSR count). The first kappa shape index (κ1) is 11.9. The first-order chi connectivity index (χ1) is 8.15. The summed E-state index contributed by atoms with van der Waals surface area (Å²) in [7, 11) is 1.45. The molecule has 2 aromatic carbocycles. The van der Waals surface area contributed by atoms with Crippen LogP contribution in [0.4, 0.5) is 8.78 Å². The highest BCUT2D eigenvalue weighted by atomic mass is 35.5. The largest absolute Gasteiger partial charge is 0.496 e. The molecule has 2 aromatic rings. The summed E-state index contributed by atoms with van der Waals surface area (Å²) >= 11 is 6.00. The Morgan fingerprint density at radius 2 is 1.76 bits per heavy atom. The predicted molar refractivity (Wildman–Crippen MR) is 63.4 cm³/mol. The van der Waals surface area contributed by atoms with Gasteiger partial charge in [-0.2, -0.15) is 0 Å². The summed E-state index contributed by atoms with van der Waals surface area (Å²) in [6.45, 7) is 0. The summed E-state index contributed by atoms with van der Waals surface area (Å²) in [5.74, 6) is -1.44. The van der Waals surface area contributed by atoms with Gasteiger partial charge in [-0.15, -0.1) is 0 Å². The van der Waals surface area contributed by atoms with Crippen LogP contribution in [0, 0.1) is 11.6 Å². The van der Waals surface area contributed by atoms with Gasteiger partial charge in [0.15, 0.2) is 11.6 Å². The Labute approximate surface area is 103 Å². The van der Waals surface area contributed by atoms with Crippen molar-refractivity contribution in [3.05, 3.63) is 53.1 Å². The lowest BCUT2D eigenvalue weighted by atomic mass is 10.0. The van der Waals surface area contributed by atoms with Gasteiger partial charge in [0.05, 0.1) is 12.1 Å². The van der Waals surface area contributed by atoms with Crippen LogP contribution in [-0.2, 0) is 0 Å². The molecule has 0 radical (unpaired) electrons. The van der Waals surface area contributed by atoms with E-state index >= 15 is 0 Å². The zero-order valence-electron chi connectivity index (χ0n) is 9.01. The molecule has 0 aliphatic heterocycles. The number of halogens is 3. The van der Waals surface area contributed by atoms with Crippen molar-refractivity contribution >= 4 is 11.6 Å². The van der Waals surface area contributed by atoms with Gasteiger partial charge in [-0.1, -0.05) is 29.8 Å². The van der Waals surface area contributed by atoms with Crippen molar-refractivity contribution in [2.75, 3.05) is 7.11 Å². The van der Waals surface area contributed by atoms with Gasteiger partial charge < -0.3 is 4.74 Å². The Morgan fingerprint density at radius 3 is 2.47 bits per heavy atom. The first-order valence-electron chi connectivity index (χ1n) is 4.92. The fraction of sp³-hybridized carbons (Fsp3) is 0.0769. The Bertz CT molecular complexity index is 555. The first-order valence-corrected chi connectivity index (χ1v) is 5.30. The van der Waals surface area contributed by atoms with E-state index in [9.17, 15) is 8.78 Å². The smallest absolute Gasteiger partial charge is 0.166 e. The quantitative estimate of drug-likeness (QED) is 0.777. The minimum atomic E-state index is -0.932. The molecule has 0 aromatic heterocycles. The molecular weight excluding hydrogens is 246 g/mol. The number of hydrogen-bond acceptors (Lipinski definition) is 1. The SMILES string of the molecule is COc1cccc(Cl)c1-c1cccc(F)c1F. The predicted octanol–water partition coefficient (Wildman–Crippen LogP) is 4.29. The molecule has 17 heavy (non-hydrogen) atoms. The van der Waals surface area contributed by atoms with Gasteiger partial charge in [-0.05, 0) is 18.2 Å². The van der Waals surface area contributed by atoms with Gasteiger partial charge in [0, 0.05) is 11.1 Å². The fourth-order valence-electron chi connectivity index (χ4n) is 1.63. The zero-order chi connectivity index (χ0) is 12.4. The van der Waals surface area contributed by atoms with E-state index < -0.39 is 11.6 Å². The summed E-state index contributed by atoms with van der Waals surface area (Å²) in [6, 6.07) is 8.87. The molecule has 0 spiro atoms. The van der Waals surface area contributed by atoms with Gasteiger partial charge in [0.2, 0.25) is 0 Å². The second-order valence-corrected chi connectivity index (χ2v) is 3.83. The second kappa shape index (κ2) is 4.72. The molecule has 0 saturated heterocycles. The topological polar surface area (TPSA) is 9.23 Å². The van der Waals surface area contributed by atoms with E-state index in [0.717, 1.165) is 6.07 Å². The lowest BCUT2D eigenvalue weighted by Crippen LogP contribution is -1.93. The minimum Gasteiger partial charge on any atom is -0.496 e. The summed E-state index contributed by atoms with van der Waals surface area (Å²) in [5.41, 5.74) is 0.445. The molecule has 0 bridgehead atoms. The molecular formula is C13H9ClF2O. The maximum absolute atomic E-state index is 13.7. The second-order valence-electron chi connectivity index (χ2n) is 3.42. The summed E-state index contributed by atoms with van der Waals surface area (Å²) in [6.07, 6.45) is 0. The summed E-state index contributed by atoms with van der Waals surface area (Å²) in [5, 5.41) is 0.314. The van der Waals surface area contributed by atoms with Gasteiger partial charge in [0.1, 0.15) is 5.75 Å². The molecule has 4 heteroatoms. The van der Waals surface area contributed by atoms with Crippen LogP contribution in [-0.4, -0.2) is 7.11 Å². The van der Waals surface area contributed by atoms with Crippen molar-refractivity contribution in [1.82, 2.24) is 0 Å². The molecule has 1 nitrogen and oxygen atoms in total. The highest BCUT2D eigenvalue weighted by Crippen LogP contribution is 2.37. The van der Waals surface area contributed by atoms with Gasteiger partial charge in [0.25, 0.3) is 0 Å². The number of methoxy groups -OCH3 is 1. The van der Waals surface area contributed by atoms with Gasteiger partial charge in [-0.3, -0.25) is 0 Å². The number of benzene rings is 2. The third kappa shape index (κ3) is 2.11. The van der Waals surface area contributed by atoms with Crippen LogP contribution in [0.25, 0.3) is 11.1 Å². The van der Waals surface area contributed by atoms with E-state index in [2.05, 4.69) is 0 Å². The van der Waals surface area contributed by atoms with Crippen molar-refractivity contribution in [1.29, 1.82) is 0 Å². The van der Waals surface area contributed by atoms with Crippen LogP contribution in [0.1, 0.15) is 0 Å². The van der Waals surface area contributed by atoms with Crippen LogP contribution < -0.4 is 4.74 Å². The van der Waals surface area contributed by atoms with E-state index in [1.807, 2.05) is 0 Å². The number of rotatable bonds is 2. The average Bonchev–Trinajstić information content (AvgIpc) is 2.33. The minimum absolute atomic E-state index is 0.0902. The molecule has 0 aliphatic carbocycles. The average molecular weight is 255 g/mol. The van der Waals surface area contributed by atoms with Gasteiger partial charge >= 0.3 is 0 Å². The maximum Gasteiger partial charge on any atom is 0.166 e. The lowest BCUT2D eigenvalue weighted by Gasteiger charge is -2.11. The van der Waals surface area contributed by atoms with Crippen molar-refractivity contribution < 1.29 is 13.5 Å². The Morgan fingerprint density at radius 1 is 1.06 bits per heavy atom. The Balaban J connectivity index is 2.72. The molecule has 0 fully saturated rings. The molecule has 0 saturated carbocycles. The van der Waals surface area contributed by atoms with Crippen LogP contribution in [0.3, 0.4) is 0 Å². The molecule has 0 N–H and O–H groups in total. The third-order valence-corrected chi connectivity index (χ3v) is 2.73. The molecule has 0 unspecified atom stereocenters. The van der Waals surface area contributed by atoms with Crippen LogP contribution >= 0.6 is 11.6 Å². The van der Waals surface area contributed by atoms with Crippen LogP contribution in [0.15, 0.2) is 36.4 Å². The van der Waals surface area contributed by atoms with E-state index in [1.165, 1.54) is 19.2 Å². The number of hydrogen-bond donors (Lipinski definition) is 0. The summed E-state index contributed by atoms with van der Waals surface area (Å²) < 4.78 is 32.0. The van der Waals surface area contributed by atoms with E-state index in [0.29, 0.717) is 16.3 Å². The highest BCUT2D eigenvalue weighted by molar-refractivity contribution is 6.33. The molecule has 0 atom stereocenters. The fourth-order valence-corrected chi connectivity index (χ4v) is 1.90. The summed E-state index contributed by atoms with van der Waals surface area (Å²) in [4.78, 5) is 0. The van der Waals surface area contributed by atoms with E-state index in [-0.39, 0.29) is 5.56 Å². The standard InChI is InChI=1S/C13H9ClF2O/c1-17-11-7-3-5-9(14)12(11)8-4-2-6-10(15)13(8)16/h2-7H,1H3. The van der Waals surface area contributed by atoms with Crippen LogP contribution in [0.2, 0.25) is 5.02 Å². The van der Waals surface area contributed by atoms with E-state index in [4.69, 9.17) is 16.3 Å². The van der Waals surface area contributed by atoms with Crippen molar-refractivity contribution in [3.63, 3.8) is 0 Å². The molecule has 88 valence electrons. The zero-order valence-corrected chi connectivity index (χ0v) is 9.76. The van der Waals surface area contributed by atoms with Crippen LogP contribution in [0.5, 0.6) is 5.75 Å². The number of ether oxygens (including phenoxy) is 1. The third-order valence-electron chi connectivity index (χ3n) is 2.42. The Hall–Kier alpha value is -1.61. The Kier molecular flexibility index (Phi) is 3.29. The molecule has 0 aliphatic rings. The van der Waals surface area contributed by atoms with Crippen molar-refractivity contribution in [3.8, 4) is 16.9 Å². The maximum atomic E-state index is 13.7. The molecule has 0 amide bonds. The monoisotopic (exact) mass is 254 g/mol. The molecule has 0 heterocycles. The lowest BCUT2D eigenvalue weighted by molar-refractivity contribution is 0.416. The normalized spacial score (nSPS) is 10.4. The highest BCUT2D eigenvalue weighted by Gasteiger charge is 2.16. The van der Waals surface area contributed by atoms with Gasteiger partial charge in [-0.25, -0.2) is 8.78 Å².